The lowest BCUT2D eigenvalue weighted by Crippen LogP contribution is -2.82. The quantitative estimate of drug-likeness (QED) is 0.877. The van der Waals surface area contributed by atoms with Crippen LogP contribution in [0, 0.1) is 0 Å². The number of ether oxygens (including phenoxy) is 1. The Bertz CT molecular complexity index is 551. The Morgan fingerprint density at radius 1 is 1.38 bits per heavy atom. The van der Waals surface area contributed by atoms with E-state index in [4.69, 9.17) is 10.5 Å². The average molecular weight is 301 g/mol. The van der Waals surface area contributed by atoms with Crippen molar-refractivity contribution in [3.05, 3.63) is 24.0 Å². The van der Waals surface area contributed by atoms with Crippen molar-refractivity contribution in [3.63, 3.8) is 0 Å². The second-order valence-corrected chi connectivity index (χ2v) is 5.89. The maximum atomic E-state index is 12.3. The summed E-state index contributed by atoms with van der Waals surface area (Å²) in [4.78, 5) is 15.0. The number of amides is 1. The summed E-state index contributed by atoms with van der Waals surface area (Å²) in [5.41, 5.74) is 4.59. The number of hydrogen-bond acceptors (Lipinski definition) is 4. The van der Waals surface area contributed by atoms with Gasteiger partial charge in [0.2, 0.25) is 0 Å². The van der Waals surface area contributed by atoms with E-state index in [1.165, 1.54) is 0 Å². The molecule has 5 nitrogen and oxygen atoms in total. The van der Waals surface area contributed by atoms with E-state index < -0.39 is 11.9 Å². The summed E-state index contributed by atoms with van der Waals surface area (Å²) in [6.07, 6.45) is -1.22. The molecule has 3 aliphatic carbocycles. The van der Waals surface area contributed by atoms with E-state index in [0.29, 0.717) is 0 Å². The van der Waals surface area contributed by atoms with Gasteiger partial charge in [0.15, 0.2) is 6.61 Å². The number of alkyl halides is 3. The summed E-state index contributed by atoms with van der Waals surface area (Å²) in [6.45, 7) is -0.258. The van der Waals surface area contributed by atoms with Crippen molar-refractivity contribution in [2.75, 3.05) is 6.61 Å². The van der Waals surface area contributed by atoms with Crippen LogP contribution in [0.2, 0.25) is 0 Å². The zero-order chi connectivity index (χ0) is 15.3. The molecule has 114 valence electrons. The maximum Gasteiger partial charge on any atom is 0.433 e. The molecule has 21 heavy (non-hydrogen) atoms. The first-order valence-electron chi connectivity index (χ1n) is 6.46. The number of aromatic nitrogens is 1. The van der Waals surface area contributed by atoms with E-state index in [1.54, 1.807) is 0 Å². The second-order valence-electron chi connectivity index (χ2n) is 5.89. The molecule has 0 radical (unpaired) electrons. The van der Waals surface area contributed by atoms with Crippen LogP contribution >= 0.6 is 0 Å². The summed E-state index contributed by atoms with van der Waals surface area (Å²) in [6, 6.07) is 1.95. The molecule has 0 saturated heterocycles. The molecule has 0 aromatic carbocycles. The monoisotopic (exact) mass is 301 g/mol. The van der Waals surface area contributed by atoms with Gasteiger partial charge in [0.1, 0.15) is 11.4 Å². The van der Waals surface area contributed by atoms with Crippen LogP contribution < -0.4 is 15.8 Å². The molecule has 8 heteroatoms. The third kappa shape index (κ3) is 2.67. The SMILES string of the molecule is NC12CC(NC(=O)COc3ccc(C(F)(F)F)nc3)(C1)C2. The number of carbonyl (C=O) groups is 1. The van der Waals surface area contributed by atoms with Gasteiger partial charge in [-0.1, -0.05) is 0 Å². The molecule has 1 aromatic heterocycles. The molecule has 0 atom stereocenters. The van der Waals surface area contributed by atoms with Crippen molar-refractivity contribution in [2.24, 2.45) is 5.73 Å². The largest absolute Gasteiger partial charge is 0.482 e. The van der Waals surface area contributed by atoms with Crippen LogP contribution in [-0.2, 0) is 11.0 Å². The number of halogens is 3. The van der Waals surface area contributed by atoms with Gasteiger partial charge in [-0.3, -0.25) is 4.79 Å². The van der Waals surface area contributed by atoms with E-state index in [1.807, 2.05) is 0 Å². The molecular formula is C13H14F3N3O2. The third-order valence-electron chi connectivity index (χ3n) is 3.87. The van der Waals surface area contributed by atoms with Crippen molar-refractivity contribution >= 4 is 5.91 Å². The summed E-state index contributed by atoms with van der Waals surface area (Å²) >= 11 is 0. The summed E-state index contributed by atoms with van der Waals surface area (Å²) < 4.78 is 42.1. The molecule has 1 heterocycles. The standard InChI is InChI=1S/C13H14F3N3O2/c14-13(15,16)9-2-1-8(3-18-9)21-4-10(20)19-12-5-11(17,6-12)7-12/h1-3H,4-7,17H2,(H,19,20). The normalized spacial score (nSPS) is 30.1. The molecule has 0 spiro atoms. The van der Waals surface area contributed by atoms with Gasteiger partial charge in [-0.05, 0) is 31.4 Å². The van der Waals surface area contributed by atoms with E-state index in [2.05, 4.69) is 10.3 Å². The van der Waals surface area contributed by atoms with Crippen LogP contribution in [0.3, 0.4) is 0 Å². The number of nitrogens with zero attached hydrogens (tertiary/aromatic N) is 1. The minimum absolute atomic E-state index is 0.106. The molecule has 3 aliphatic rings. The predicted octanol–water partition coefficient (Wildman–Crippen LogP) is 1.23. The van der Waals surface area contributed by atoms with Gasteiger partial charge in [-0.25, -0.2) is 4.98 Å². The molecular weight excluding hydrogens is 287 g/mol. The highest BCUT2D eigenvalue weighted by atomic mass is 19.4. The molecule has 2 bridgehead atoms. The lowest BCUT2D eigenvalue weighted by atomic mass is 9.44. The Labute approximate surface area is 118 Å². The molecule has 3 fully saturated rings. The first-order valence-corrected chi connectivity index (χ1v) is 6.46. The van der Waals surface area contributed by atoms with Gasteiger partial charge in [0, 0.05) is 11.1 Å². The number of nitrogens with two attached hydrogens (primary N) is 1. The number of pyridine rings is 1. The van der Waals surface area contributed by atoms with Crippen LogP contribution in [-0.4, -0.2) is 28.6 Å². The second kappa shape index (κ2) is 4.33. The summed E-state index contributed by atoms with van der Waals surface area (Å²) in [5, 5.41) is 2.85. The van der Waals surface area contributed by atoms with Crippen LogP contribution in [0.15, 0.2) is 18.3 Å². The van der Waals surface area contributed by atoms with Crippen molar-refractivity contribution in [2.45, 2.75) is 36.5 Å². The zero-order valence-corrected chi connectivity index (χ0v) is 11.0. The molecule has 0 unspecified atom stereocenters. The number of nitrogens with one attached hydrogen (secondary N) is 1. The minimum Gasteiger partial charge on any atom is -0.482 e. The Morgan fingerprint density at radius 2 is 2.05 bits per heavy atom. The van der Waals surface area contributed by atoms with E-state index >= 15 is 0 Å². The zero-order valence-electron chi connectivity index (χ0n) is 11.0. The number of carbonyl (C=O) groups excluding carboxylic acids is 1. The summed E-state index contributed by atoms with van der Waals surface area (Å²) in [5.74, 6) is -0.192. The van der Waals surface area contributed by atoms with Gasteiger partial charge in [-0.15, -0.1) is 0 Å². The van der Waals surface area contributed by atoms with Crippen molar-refractivity contribution < 1.29 is 22.7 Å². The van der Waals surface area contributed by atoms with Gasteiger partial charge >= 0.3 is 6.18 Å². The predicted molar refractivity (Wildman–Crippen MR) is 66.4 cm³/mol. The van der Waals surface area contributed by atoms with Crippen molar-refractivity contribution in [1.82, 2.24) is 10.3 Å². The minimum atomic E-state index is -4.49. The van der Waals surface area contributed by atoms with Crippen LogP contribution in [0.5, 0.6) is 5.75 Å². The molecule has 3 N–H and O–H groups in total. The van der Waals surface area contributed by atoms with Gasteiger partial charge < -0.3 is 15.8 Å². The van der Waals surface area contributed by atoms with Crippen LogP contribution in [0.4, 0.5) is 13.2 Å². The maximum absolute atomic E-state index is 12.3. The fourth-order valence-corrected chi connectivity index (χ4v) is 3.11. The first-order chi connectivity index (χ1) is 9.70. The highest BCUT2D eigenvalue weighted by Crippen LogP contribution is 2.58. The third-order valence-corrected chi connectivity index (χ3v) is 3.87. The van der Waals surface area contributed by atoms with Gasteiger partial charge in [0.25, 0.3) is 5.91 Å². The number of hydrogen-bond donors (Lipinski definition) is 2. The van der Waals surface area contributed by atoms with Crippen molar-refractivity contribution in [3.8, 4) is 5.75 Å². The van der Waals surface area contributed by atoms with E-state index in [-0.39, 0.29) is 29.3 Å². The highest BCUT2D eigenvalue weighted by Gasteiger charge is 2.66. The molecule has 3 saturated carbocycles. The van der Waals surface area contributed by atoms with E-state index in [0.717, 1.165) is 37.6 Å². The molecule has 4 rings (SSSR count). The topological polar surface area (TPSA) is 77.2 Å². The fourth-order valence-electron chi connectivity index (χ4n) is 3.11. The van der Waals surface area contributed by atoms with Crippen LogP contribution in [0.1, 0.15) is 25.0 Å². The summed E-state index contributed by atoms with van der Waals surface area (Å²) in [7, 11) is 0. The van der Waals surface area contributed by atoms with Crippen LogP contribution in [0.25, 0.3) is 0 Å². The Balaban J connectivity index is 1.48. The fraction of sp³-hybridized carbons (Fsp3) is 0.538. The lowest BCUT2D eigenvalue weighted by molar-refractivity contribution is -0.141. The number of rotatable bonds is 4. The molecule has 1 amide bonds. The van der Waals surface area contributed by atoms with E-state index in [9.17, 15) is 18.0 Å². The van der Waals surface area contributed by atoms with Crippen molar-refractivity contribution in [1.29, 1.82) is 0 Å². The lowest BCUT2D eigenvalue weighted by Gasteiger charge is -2.68. The molecule has 0 aliphatic heterocycles. The molecule has 1 aromatic rings. The highest BCUT2D eigenvalue weighted by molar-refractivity contribution is 5.79. The van der Waals surface area contributed by atoms with Gasteiger partial charge in [-0.2, -0.15) is 13.2 Å². The first kappa shape index (κ1) is 14.1. The smallest absolute Gasteiger partial charge is 0.433 e. The average Bonchev–Trinajstić information content (AvgIpc) is 2.32. The van der Waals surface area contributed by atoms with Gasteiger partial charge in [0.05, 0.1) is 6.20 Å². The Kier molecular flexibility index (Phi) is 2.91. The Morgan fingerprint density at radius 3 is 2.52 bits per heavy atom. The Hall–Kier alpha value is -1.83.